The monoisotopic (exact) mass is 255 g/mol. The van der Waals surface area contributed by atoms with E-state index in [0.717, 1.165) is 17.0 Å². The second kappa shape index (κ2) is 5.97. The summed E-state index contributed by atoms with van der Waals surface area (Å²) in [7, 11) is 1.63. The largest absolute Gasteiger partial charge is 0.480 e. The number of carboxylic acid groups (broad SMARTS) is 1. The highest BCUT2D eigenvalue weighted by Crippen LogP contribution is 2.17. The highest BCUT2D eigenvalue weighted by molar-refractivity contribution is 7.99. The topological polar surface area (TPSA) is 75.1 Å². The van der Waals surface area contributed by atoms with E-state index in [2.05, 4.69) is 15.3 Å². The van der Waals surface area contributed by atoms with E-state index in [1.54, 1.807) is 7.05 Å². The minimum Gasteiger partial charge on any atom is -0.480 e. The lowest BCUT2D eigenvalue weighted by molar-refractivity contribution is -0.138. The number of carbonyl (C=O) groups is 1. The summed E-state index contributed by atoms with van der Waals surface area (Å²) in [5.41, 5.74) is 2.96. The molecule has 17 heavy (non-hydrogen) atoms. The predicted octanol–water partition coefficient (Wildman–Crippen LogP) is 1.17. The third-order valence-corrected chi connectivity index (χ3v) is 3.58. The van der Waals surface area contributed by atoms with E-state index >= 15 is 0 Å². The SMILES string of the molecule is CNC(CSc1nc(C)c(C)c(C)n1)C(=O)O. The maximum Gasteiger partial charge on any atom is 0.321 e. The Balaban J connectivity index is 2.73. The van der Waals surface area contributed by atoms with E-state index < -0.39 is 12.0 Å². The van der Waals surface area contributed by atoms with Crippen molar-refractivity contribution >= 4 is 17.7 Å². The zero-order valence-electron chi connectivity index (χ0n) is 10.4. The van der Waals surface area contributed by atoms with Gasteiger partial charge in [-0.3, -0.25) is 4.79 Å². The number of aromatic nitrogens is 2. The molecule has 0 spiro atoms. The van der Waals surface area contributed by atoms with Gasteiger partial charge in [0.1, 0.15) is 6.04 Å². The van der Waals surface area contributed by atoms with Gasteiger partial charge in [-0.05, 0) is 33.4 Å². The number of hydrogen-bond acceptors (Lipinski definition) is 5. The van der Waals surface area contributed by atoms with Gasteiger partial charge in [0.2, 0.25) is 0 Å². The Kier molecular flexibility index (Phi) is 4.89. The van der Waals surface area contributed by atoms with Gasteiger partial charge in [0.05, 0.1) is 0 Å². The first-order valence-corrected chi connectivity index (χ1v) is 6.29. The third kappa shape index (κ3) is 3.67. The van der Waals surface area contributed by atoms with Crippen molar-refractivity contribution in [3.05, 3.63) is 17.0 Å². The number of rotatable bonds is 5. The van der Waals surface area contributed by atoms with Crippen LogP contribution >= 0.6 is 11.8 Å². The van der Waals surface area contributed by atoms with Crippen LogP contribution in [0, 0.1) is 20.8 Å². The van der Waals surface area contributed by atoms with Gasteiger partial charge in [-0.15, -0.1) is 0 Å². The van der Waals surface area contributed by atoms with Crippen LogP contribution in [0.3, 0.4) is 0 Å². The van der Waals surface area contributed by atoms with E-state index in [9.17, 15) is 4.79 Å². The molecule has 0 aromatic carbocycles. The van der Waals surface area contributed by atoms with Crippen LogP contribution in [0.2, 0.25) is 0 Å². The molecular weight excluding hydrogens is 238 g/mol. The smallest absolute Gasteiger partial charge is 0.321 e. The lowest BCUT2D eigenvalue weighted by Gasteiger charge is -2.11. The molecule has 0 aliphatic rings. The second-order valence-corrected chi connectivity index (χ2v) is 4.78. The van der Waals surface area contributed by atoms with Gasteiger partial charge in [-0.2, -0.15) is 0 Å². The fraction of sp³-hybridized carbons (Fsp3) is 0.545. The summed E-state index contributed by atoms with van der Waals surface area (Å²) in [4.78, 5) is 19.5. The Morgan fingerprint density at radius 1 is 1.35 bits per heavy atom. The van der Waals surface area contributed by atoms with E-state index in [4.69, 9.17) is 5.11 Å². The van der Waals surface area contributed by atoms with Crippen LogP contribution in [0.1, 0.15) is 17.0 Å². The number of aliphatic carboxylic acids is 1. The summed E-state index contributed by atoms with van der Waals surface area (Å²) < 4.78 is 0. The van der Waals surface area contributed by atoms with E-state index in [-0.39, 0.29) is 0 Å². The minimum absolute atomic E-state index is 0.410. The second-order valence-electron chi connectivity index (χ2n) is 3.79. The predicted molar refractivity (Wildman–Crippen MR) is 67.5 cm³/mol. The average molecular weight is 255 g/mol. The molecule has 94 valence electrons. The van der Waals surface area contributed by atoms with Gasteiger partial charge in [-0.1, -0.05) is 11.8 Å². The molecule has 1 unspecified atom stereocenters. The van der Waals surface area contributed by atoms with Crippen molar-refractivity contribution in [2.75, 3.05) is 12.8 Å². The summed E-state index contributed by atoms with van der Waals surface area (Å²) >= 11 is 1.35. The lowest BCUT2D eigenvalue weighted by atomic mass is 10.2. The van der Waals surface area contributed by atoms with Crippen LogP contribution in [-0.4, -0.2) is 39.9 Å². The molecular formula is C11H17N3O2S. The van der Waals surface area contributed by atoms with Gasteiger partial charge in [0.15, 0.2) is 5.16 Å². The maximum atomic E-state index is 10.8. The van der Waals surface area contributed by atoms with Crippen LogP contribution in [0.5, 0.6) is 0 Å². The van der Waals surface area contributed by atoms with E-state index in [0.29, 0.717) is 10.9 Å². The number of nitrogens with one attached hydrogen (secondary N) is 1. The Bertz CT molecular complexity index is 400. The van der Waals surface area contributed by atoms with Crippen molar-refractivity contribution in [3.8, 4) is 0 Å². The average Bonchev–Trinajstić information content (AvgIpc) is 2.26. The van der Waals surface area contributed by atoms with E-state index in [1.165, 1.54) is 11.8 Å². The Labute approximate surface area is 105 Å². The molecule has 0 amide bonds. The number of carboxylic acids is 1. The maximum absolute atomic E-state index is 10.8. The number of hydrogen-bond donors (Lipinski definition) is 2. The summed E-state index contributed by atoms with van der Waals surface area (Å²) in [5.74, 6) is -0.450. The first-order chi connectivity index (χ1) is 7.95. The molecule has 1 atom stereocenters. The fourth-order valence-electron chi connectivity index (χ4n) is 1.24. The lowest BCUT2D eigenvalue weighted by Crippen LogP contribution is -2.36. The standard InChI is InChI=1S/C11H17N3O2S/c1-6-7(2)13-11(14-8(6)3)17-5-9(12-4)10(15)16/h9,12H,5H2,1-4H3,(H,15,16). The summed E-state index contributed by atoms with van der Waals surface area (Å²) in [5, 5.41) is 12.3. The minimum atomic E-state index is -0.861. The Hall–Kier alpha value is -1.14. The molecule has 1 aromatic heterocycles. The molecule has 0 aliphatic carbocycles. The molecule has 5 nitrogen and oxygen atoms in total. The molecule has 0 saturated carbocycles. The third-order valence-electron chi connectivity index (χ3n) is 2.64. The first-order valence-electron chi connectivity index (χ1n) is 5.30. The Morgan fingerprint density at radius 3 is 2.29 bits per heavy atom. The molecule has 0 aliphatic heterocycles. The molecule has 6 heteroatoms. The number of nitrogens with zero attached hydrogens (tertiary/aromatic N) is 2. The highest BCUT2D eigenvalue weighted by atomic mass is 32.2. The quantitative estimate of drug-likeness (QED) is 0.607. The Morgan fingerprint density at radius 2 is 1.88 bits per heavy atom. The van der Waals surface area contributed by atoms with Gasteiger partial charge >= 0.3 is 5.97 Å². The van der Waals surface area contributed by atoms with E-state index in [1.807, 2.05) is 20.8 Å². The van der Waals surface area contributed by atoms with Gasteiger partial charge in [0, 0.05) is 17.1 Å². The fourth-order valence-corrected chi connectivity index (χ4v) is 2.27. The van der Waals surface area contributed by atoms with Crippen molar-refractivity contribution in [1.82, 2.24) is 15.3 Å². The van der Waals surface area contributed by atoms with Crippen molar-refractivity contribution in [2.24, 2.45) is 0 Å². The van der Waals surface area contributed by atoms with Crippen molar-refractivity contribution < 1.29 is 9.90 Å². The molecule has 0 fully saturated rings. The van der Waals surface area contributed by atoms with Gasteiger partial charge < -0.3 is 10.4 Å². The molecule has 1 aromatic rings. The van der Waals surface area contributed by atoms with Crippen LogP contribution in [0.15, 0.2) is 5.16 Å². The van der Waals surface area contributed by atoms with Crippen molar-refractivity contribution in [2.45, 2.75) is 32.0 Å². The zero-order valence-corrected chi connectivity index (χ0v) is 11.3. The van der Waals surface area contributed by atoms with Gasteiger partial charge in [0.25, 0.3) is 0 Å². The van der Waals surface area contributed by atoms with Crippen molar-refractivity contribution in [3.63, 3.8) is 0 Å². The first kappa shape index (κ1) is 13.9. The van der Waals surface area contributed by atoms with Crippen LogP contribution in [-0.2, 0) is 4.79 Å². The number of thioether (sulfide) groups is 1. The molecule has 0 bridgehead atoms. The molecule has 2 N–H and O–H groups in total. The summed E-state index contributed by atoms with van der Waals surface area (Å²) in [6.45, 7) is 5.84. The molecule has 0 radical (unpaired) electrons. The molecule has 1 heterocycles. The van der Waals surface area contributed by atoms with Gasteiger partial charge in [-0.25, -0.2) is 9.97 Å². The van der Waals surface area contributed by atoms with Crippen LogP contribution < -0.4 is 5.32 Å². The normalized spacial score (nSPS) is 12.5. The highest BCUT2D eigenvalue weighted by Gasteiger charge is 2.16. The van der Waals surface area contributed by atoms with Crippen LogP contribution in [0.25, 0.3) is 0 Å². The summed E-state index contributed by atoms with van der Waals surface area (Å²) in [6.07, 6.45) is 0. The zero-order chi connectivity index (χ0) is 13.0. The van der Waals surface area contributed by atoms with Crippen LogP contribution in [0.4, 0.5) is 0 Å². The number of aryl methyl sites for hydroxylation is 2. The van der Waals surface area contributed by atoms with Crippen molar-refractivity contribution in [1.29, 1.82) is 0 Å². The number of likely N-dealkylation sites (N-methyl/N-ethyl adjacent to an activating group) is 1. The molecule has 0 saturated heterocycles. The molecule has 1 rings (SSSR count). The summed E-state index contributed by atoms with van der Waals surface area (Å²) in [6, 6.07) is -0.578.